The summed E-state index contributed by atoms with van der Waals surface area (Å²) < 4.78 is 7.25. The van der Waals surface area contributed by atoms with Crippen LogP contribution in [0.15, 0.2) is 30.3 Å². The smallest absolute Gasteiger partial charge is 0.206 e. The van der Waals surface area contributed by atoms with E-state index in [0.717, 1.165) is 22.3 Å². The number of benzene rings is 2. The fraction of sp³-hybridized carbons (Fsp3) is 0.133. The molecule has 4 nitrogen and oxygen atoms in total. The number of imidazole rings is 1. The summed E-state index contributed by atoms with van der Waals surface area (Å²) in [5, 5.41) is 1.26. The van der Waals surface area contributed by atoms with Crippen molar-refractivity contribution in [2.24, 2.45) is 0 Å². The van der Waals surface area contributed by atoms with Gasteiger partial charge in [-0.3, -0.25) is 4.57 Å². The van der Waals surface area contributed by atoms with Crippen molar-refractivity contribution in [1.82, 2.24) is 9.55 Å². The number of nitrogens with zero attached hydrogens (tertiary/aromatic N) is 2. The number of nitrogens with two attached hydrogens (primary N) is 1. The molecule has 1 heterocycles. The second-order valence-electron chi connectivity index (χ2n) is 4.71. The lowest BCUT2D eigenvalue weighted by Gasteiger charge is -2.13. The monoisotopic (exact) mass is 321 g/mol. The minimum absolute atomic E-state index is 0.368. The van der Waals surface area contributed by atoms with Crippen LogP contribution in [0.5, 0.6) is 5.75 Å². The summed E-state index contributed by atoms with van der Waals surface area (Å²) in [5.74, 6) is 0.999. The van der Waals surface area contributed by atoms with Gasteiger partial charge in [-0.2, -0.15) is 0 Å². The van der Waals surface area contributed by atoms with Gasteiger partial charge in [0.1, 0.15) is 5.75 Å². The van der Waals surface area contributed by atoms with E-state index in [1.807, 2.05) is 23.6 Å². The van der Waals surface area contributed by atoms with Gasteiger partial charge < -0.3 is 10.5 Å². The van der Waals surface area contributed by atoms with E-state index in [-0.39, 0.29) is 0 Å². The number of rotatable bonds is 2. The first kappa shape index (κ1) is 14.0. The quantitative estimate of drug-likeness (QED) is 0.768. The molecule has 0 amide bonds. The van der Waals surface area contributed by atoms with E-state index in [9.17, 15) is 0 Å². The van der Waals surface area contributed by atoms with Crippen LogP contribution in [0.4, 0.5) is 5.95 Å². The first-order chi connectivity index (χ1) is 10.0. The Hall–Kier alpha value is -1.91. The van der Waals surface area contributed by atoms with E-state index in [0.29, 0.717) is 21.7 Å². The predicted molar refractivity (Wildman–Crippen MR) is 86.8 cm³/mol. The van der Waals surface area contributed by atoms with Crippen LogP contribution in [-0.2, 0) is 0 Å². The summed E-state index contributed by atoms with van der Waals surface area (Å²) in [6.07, 6.45) is 0. The van der Waals surface area contributed by atoms with E-state index in [1.54, 1.807) is 25.3 Å². The van der Waals surface area contributed by atoms with Crippen molar-refractivity contribution in [3.05, 3.63) is 45.9 Å². The van der Waals surface area contributed by atoms with E-state index in [2.05, 4.69) is 4.98 Å². The summed E-state index contributed by atoms with van der Waals surface area (Å²) in [6, 6.07) is 9.15. The molecule has 3 aromatic rings. The lowest BCUT2D eigenvalue weighted by molar-refractivity contribution is 0.413. The van der Waals surface area contributed by atoms with Crippen molar-refractivity contribution in [2.75, 3.05) is 12.8 Å². The van der Waals surface area contributed by atoms with Gasteiger partial charge >= 0.3 is 0 Å². The Balaban J connectivity index is 2.35. The molecule has 0 aliphatic heterocycles. The molecule has 0 saturated carbocycles. The molecular weight excluding hydrogens is 309 g/mol. The molecule has 2 aromatic carbocycles. The van der Waals surface area contributed by atoms with Crippen molar-refractivity contribution in [1.29, 1.82) is 0 Å². The van der Waals surface area contributed by atoms with Crippen LogP contribution in [0.25, 0.3) is 16.7 Å². The average Bonchev–Trinajstić information content (AvgIpc) is 2.76. The number of aromatic nitrogens is 2. The minimum atomic E-state index is 0.368. The number of halogens is 2. The number of nitrogen functional groups attached to an aromatic ring is 1. The normalized spacial score (nSPS) is 11.0. The van der Waals surface area contributed by atoms with E-state index < -0.39 is 0 Å². The average molecular weight is 322 g/mol. The number of ether oxygens (including phenoxy) is 1. The second kappa shape index (κ2) is 5.13. The molecule has 0 fully saturated rings. The zero-order valence-corrected chi connectivity index (χ0v) is 13.0. The van der Waals surface area contributed by atoms with Crippen LogP contribution in [0.1, 0.15) is 5.56 Å². The third-order valence-electron chi connectivity index (χ3n) is 3.34. The fourth-order valence-electron chi connectivity index (χ4n) is 2.31. The minimum Gasteiger partial charge on any atom is -0.495 e. The highest BCUT2D eigenvalue weighted by Gasteiger charge is 2.15. The van der Waals surface area contributed by atoms with Crippen molar-refractivity contribution in [2.45, 2.75) is 6.92 Å². The zero-order valence-electron chi connectivity index (χ0n) is 11.5. The van der Waals surface area contributed by atoms with Crippen LogP contribution < -0.4 is 10.5 Å². The van der Waals surface area contributed by atoms with Gasteiger partial charge in [0.15, 0.2) is 0 Å². The van der Waals surface area contributed by atoms with Gasteiger partial charge in [-0.25, -0.2) is 4.98 Å². The molecule has 1 aromatic heterocycles. The molecule has 21 heavy (non-hydrogen) atoms. The Labute approximate surface area is 132 Å². The van der Waals surface area contributed by atoms with Crippen LogP contribution in [0, 0.1) is 6.92 Å². The van der Waals surface area contributed by atoms with Gasteiger partial charge in [-0.05, 0) is 36.8 Å². The van der Waals surface area contributed by atoms with Gasteiger partial charge in [0.2, 0.25) is 5.95 Å². The summed E-state index contributed by atoms with van der Waals surface area (Å²) >= 11 is 12.1. The third kappa shape index (κ3) is 2.30. The topological polar surface area (TPSA) is 53.1 Å². The number of aryl methyl sites for hydroxylation is 1. The Morgan fingerprint density at radius 1 is 1.19 bits per heavy atom. The van der Waals surface area contributed by atoms with Crippen molar-refractivity contribution >= 4 is 40.2 Å². The van der Waals surface area contributed by atoms with E-state index in [1.165, 1.54) is 0 Å². The SMILES string of the molecule is COc1cc(Cl)c(C)cc1-n1c(N)nc2cc(Cl)ccc21. The van der Waals surface area contributed by atoms with Gasteiger partial charge in [-0.15, -0.1) is 0 Å². The molecule has 3 rings (SSSR count). The second-order valence-corrected chi connectivity index (χ2v) is 5.56. The highest BCUT2D eigenvalue weighted by molar-refractivity contribution is 6.31. The molecule has 108 valence electrons. The molecule has 0 unspecified atom stereocenters. The molecule has 0 radical (unpaired) electrons. The van der Waals surface area contributed by atoms with Crippen molar-refractivity contribution < 1.29 is 4.74 Å². The predicted octanol–water partition coefficient (Wildman–Crippen LogP) is 4.23. The number of hydrogen-bond donors (Lipinski definition) is 1. The maximum Gasteiger partial charge on any atom is 0.206 e. The van der Waals surface area contributed by atoms with Crippen LogP contribution >= 0.6 is 23.2 Å². The third-order valence-corrected chi connectivity index (χ3v) is 3.99. The Morgan fingerprint density at radius 2 is 1.95 bits per heavy atom. The van der Waals surface area contributed by atoms with Crippen molar-refractivity contribution in [3.8, 4) is 11.4 Å². The Bertz CT molecular complexity index is 843. The number of fused-ring (bicyclic) bond motifs is 1. The molecule has 0 spiro atoms. The van der Waals surface area contributed by atoms with Gasteiger partial charge in [0.25, 0.3) is 0 Å². The molecule has 0 aliphatic carbocycles. The first-order valence-corrected chi connectivity index (χ1v) is 7.05. The fourth-order valence-corrected chi connectivity index (χ4v) is 2.63. The Kier molecular flexibility index (Phi) is 3.43. The maximum atomic E-state index is 6.15. The standard InChI is InChI=1S/C15H13Cl2N3O/c1-8-5-13(14(21-2)7-10(8)17)20-12-4-3-9(16)6-11(12)19-15(20)18/h3-7H,1-2H3,(H2,18,19). The molecule has 0 saturated heterocycles. The maximum absolute atomic E-state index is 6.15. The van der Waals surface area contributed by atoms with E-state index >= 15 is 0 Å². The largest absolute Gasteiger partial charge is 0.495 e. The summed E-state index contributed by atoms with van der Waals surface area (Å²) in [7, 11) is 1.59. The summed E-state index contributed by atoms with van der Waals surface area (Å²) in [6.45, 7) is 1.93. The lowest BCUT2D eigenvalue weighted by Crippen LogP contribution is -2.03. The number of methoxy groups -OCH3 is 1. The van der Waals surface area contributed by atoms with Gasteiger partial charge in [0, 0.05) is 16.1 Å². The van der Waals surface area contributed by atoms with Crippen LogP contribution in [-0.4, -0.2) is 16.7 Å². The van der Waals surface area contributed by atoms with Gasteiger partial charge in [-0.1, -0.05) is 23.2 Å². The van der Waals surface area contributed by atoms with E-state index in [4.69, 9.17) is 33.7 Å². The molecule has 6 heteroatoms. The van der Waals surface area contributed by atoms with Crippen LogP contribution in [0.3, 0.4) is 0 Å². The number of anilines is 1. The first-order valence-electron chi connectivity index (χ1n) is 6.29. The molecule has 2 N–H and O–H groups in total. The summed E-state index contributed by atoms with van der Waals surface area (Å²) in [4.78, 5) is 4.35. The Morgan fingerprint density at radius 3 is 2.67 bits per heavy atom. The molecule has 0 aliphatic rings. The summed E-state index contributed by atoms with van der Waals surface area (Å²) in [5.41, 5.74) is 9.38. The molecular formula is C15H13Cl2N3O. The molecule has 0 atom stereocenters. The number of hydrogen-bond acceptors (Lipinski definition) is 3. The molecule has 0 bridgehead atoms. The van der Waals surface area contributed by atoms with Crippen molar-refractivity contribution in [3.63, 3.8) is 0 Å². The highest BCUT2D eigenvalue weighted by atomic mass is 35.5. The zero-order chi connectivity index (χ0) is 15.1. The highest BCUT2D eigenvalue weighted by Crippen LogP contribution is 2.34. The van der Waals surface area contributed by atoms with Crippen LogP contribution in [0.2, 0.25) is 10.0 Å². The van der Waals surface area contributed by atoms with Gasteiger partial charge in [0.05, 0.1) is 23.8 Å². The lowest BCUT2D eigenvalue weighted by atomic mass is 10.2.